The van der Waals surface area contributed by atoms with Gasteiger partial charge in [-0.15, -0.1) is 5.10 Å². The molecule has 1 aromatic carbocycles. The zero-order chi connectivity index (χ0) is 16.0. The molecule has 3 N–H and O–H groups in total. The topological polar surface area (TPSA) is 168 Å². The highest BCUT2D eigenvalue weighted by atomic mass is 16.6. The molecule has 0 saturated heterocycles. The molecule has 0 fully saturated rings. The summed E-state index contributed by atoms with van der Waals surface area (Å²) >= 11 is 0. The van der Waals surface area contributed by atoms with Gasteiger partial charge >= 0.3 is 16.9 Å². The number of aromatic nitrogens is 4. The molecule has 2 aromatic heterocycles. The standard InChI is InChI=1S/C11H7N5O6/c1-3-5(16(20)21)2-4-7(13-9(18)8(17)12-4)6(3)10-14-15-11(19)22-10/h2H,1H3,(H,12,17)(H,13,18)(H,15,19). The van der Waals surface area contributed by atoms with Crippen LogP contribution in [0, 0.1) is 17.0 Å². The fourth-order valence-electron chi connectivity index (χ4n) is 2.14. The van der Waals surface area contributed by atoms with Crippen LogP contribution >= 0.6 is 0 Å². The minimum atomic E-state index is -0.958. The van der Waals surface area contributed by atoms with E-state index in [9.17, 15) is 24.5 Å². The van der Waals surface area contributed by atoms with Gasteiger partial charge in [-0.1, -0.05) is 0 Å². The predicted octanol–water partition coefficient (Wildman–Crippen LogP) is -0.224. The Morgan fingerprint density at radius 3 is 2.50 bits per heavy atom. The summed E-state index contributed by atoms with van der Waals surface area (Å²) in [4.78, 5) is 49.0. The first-order valence-corrected chi connectivity index (χ1v) is 5.88. The van der Waals surface area contributed by atoms with Gasteiger partial charge in [-0.25, -0.2) is 9.89 Å². The Hall–Kier alpha value is -3.50. The molecule has 3 rings (SSSR count). The molecule has 2 heterocycles. The zero-order valence-electron chi connectivity index (χ0n) is 10.9. The zero-order valence-corrected chi connectivity index (χ0v) is 10.9. The number of nitrogens with one attached hydrogen (secondary N) is 3. The van der Waals surface area contributed by atoms with E-state index in [2.05, 4.69) is 15.1 Å². The Labute approximate surface area is 118 Å². The quantitative estimate of drug-likeness (QED) is 0.334. The van der Waals surface area contributed by atoms with E-state index in [1.807, 2.05) is 5.10 Å². The minimum Gasteiger partial charge on any atom is -0.388 e. The second kappa shape index (κ2) is 4.51. The van der Waals surface area contributed by atoms with Crippen LogP contribution in [-0.4, -0.2) is 25.1 Å². The molecule has 0 radical (unpaired) electrons. The van der Waals surface area contributed by atoms with Crippen molar-refractivity contribution >= 4 is 16.7 Å². The average molecular weight is 305 g/mol. The van der Waals surface area contributed by atoms with Crippen molar-refractivity contribution in [1.82, 2.24) is 20.2 Å². The first kappa shape index (κ1) is 13.5. The molecule has 0 aliphatic heterocycles. The third-order valence-corrected chi connectivity index (χ3v) is 3.10. The van der Waals surface area contributed by atoms with Crippen molar-refractivity contribution < 1.29 is 9.34 Å². The number of nitro groups is 1. The van der Waals surface area contributed by atoms with E-state index in [0.29, 0.717) is 0 Å². The summed E-state index contributed by atoms with van der Waals surface area (Å²) in [5.74, 6) is -1.10. The summed E-state index contributed by atoms with van der Waals surface area (Å²) in [6.45, 7) is 1.41. The van der Waals surface area contributed by atoms with Crippen molar-refractivity contribution in [3.63, 3.8) is 0 Å². The maximum absolute atomic E-state index is 11.5. The second-order valence-electron chi connectivity index (χ2n) is 4.40. The first-order valence-electron chi connectivity index (χ1n) is 5.88. The molecule has 0 amide bonds. The molecule has 3 aromatic rings. The molecule has 0 atom stereocenters. The summed E-state index contributed by atoms with van der Waals surface area (Å²) in [5, 5.41) is 16.8. The van der Waals surface area contributed by atoms with E-state index in [1.54, 1.807) is 0 Å². The maximum atomic E-state index is 11.5. The van der Waals surface area contributed by atoms with Crippen molar-refractivity contribution in [2.45, 2.75) is 6.92 Å². The molecule has 0 spiro atoms. The number of hydrogen-bond acceptors (Lipinski definition) is 7. The molecule has 112 valence electrons. The van der Waals surface area contributed by atoms with E-state index in [0.717, 1.165) is 6.07 Å². The van der Waals surface area contributed by atoms with E-state index in [4.69, 9.17) is 4.42 Å². The number of hydrogen-bond donors (Lipinski definition) is 3. The van der Waals surface area contributed by atoms with Crippen LogP contribution in [0.3, 0.4) is 0 Å². The lowest BCUT2D eigenvalue weighted by molar-refractivity contribution is -0.385. The Bertz CT molecular complexity index is 1080. The molecule has 0 bridgehead atoms. The third kappa shape index (κ3) is 1.91. The lowest BCUT2D eigenvalue weighted by atomic mass is 10.0. The van der Waals surface area contributed by atoms with Crippen molar-refractivity contribution in [3.05, 3.63) is 53.0 Å². The second-order valence-corrected chi connectivity index (χ2v) is 4.40. The smallest absolute Gasteiger partial charge is 0.388 e. The van der Waals surface area contributed by atoms with Gasteiger partial charge in [0, 0.05) is 11.6 Å². The van der Waals surface area contributed by atoms with E-state index < -0.39 is 21.8 Å². The lowest BCUT2D eigenvalue weighted by Gasteiger charge is -2.07. The van der Waals surface area contributed by atoms with Crippen LogP contribution in [0.2, 0.25) is 0 Å². The summed E-state index contributed by atoms with van der Waals surface area (Å²) < 4.78 is 4.80. The van der Waals surface area contributed by atoms with E-state index in [-0.39, 0.29) is 33.7 Å². The van der Waals surface area contributed by atoms with E-state index in [1.165, 1.54) is 6.92 Å². The molecular formula is C11H7N5O6. The molecule has 11 heteroatoms. The molecule has 0 saturated carbocycles. The van der Waals surface area contributed by atoms with Crippen LogP contribution in [0.25, 0.3) is 22.5 Å². The highest BCUT2D eigenvalue weighted by molar-refractivity contribution is 5.93. The lowest BCUT2D eigenvalue weighted by Crippen LogP contribution is -2.29. The van der Waals surface area contributed by atoms with Crippen LogP contribution in [-0.2, 0) is 0 Å². The van der Waals surface area contributed by atoms with Crippen molar-refractivity contribution in [2.24, 2.45) is 0 Å². The summed E-state index contributed by atoms with van der Waals surface area (Å²) in [6.07, 6.45) is 0. The molecule has 0 aliphatic carbocycles. The summed E-state index contributed by atoms with van der Waals surface area (Å²) in [7, 11) is 0. The van der Waals surface area contributed by atoms with Gasteiger partial charge in [-0.2, -0.15) is 0 Å². The number of rotatable bonds is 2. The number of benzene rings is 1. The Balaban J connectivity index is 2.56. The monoisotopic (exact) mass is 305 g/mol. The Kier molecular flexibility index (Phi) is 2.76. The molecule has 0 aliphatic rings. The van der Waals surface area contributed by atoms with Gasteiger partial charge in [0.25, 0.3) is 11.6 Å². The molecule has 11 nitrogen and oxygen atoms in total. The Morgan fingerprint density at radius 1 is 1.23 bits per heavy atom. The van der Waals surface area contributed by atoms with Crippen LogP contribution in [0.5, 0.6) is 0 Å². The SMILES string of the molecule is Cc1c([N+](=O)[O-])cc2[nH]c(=O)c(=O)[nH]c2c1-c1n[nH]c(=O)o1. The van der Waals surface area contributed by atoms with Crippen LogP contribution in [0.15, 0.2) is 24.9 Å². The van der Waals surface area contributed by atoms with Gasteiger partial charge in [0.05, 0.1) is 21.5 Å². The fourth-order valence-corrected chi connectivity index (χ4v) is 2.14. The van der Waals surface area contributed by atoms with E-state index >= 15 is 0 Å². The molecular weight excluding hydrogens is 298 g/mol. The highest BCUT2D eigenvalue weighted by Gasteiger charge is 2.23. The van der Waals surface area contributed by atoms with Gasteiger partial charge in [0.15, 0.2) is 0 Å². The number of aromatic amines is 3. The minimum absolute atomic E-state index is 0.0162. The van der Waals surface area contributed by atoms with Crippen molar-refractivity contribution in [3.8, 4) is 11.5 Å². The molecule has 22 heavy (non-hydrogen) atoms. The maximum Gasteiger partial charge on any atom is 0.434 e. The van der Waals surface area contributed by atoms with Crippen molar-refractivity contribution in [1.29, 1.82) is 0 Å². The third-order valence-electron chi connectivity index (χ3n) is 3.10. The highest BCUT2D eigenvalue weighted by Crippen LogP contribution is 2.33. The fraction of sp³-hybridized carbons (Fsp3) is 0.0909. The normalized spacial score (nSPS) is 11.0. The largest absolute Gasteiger partial charge is 0.434 e. The van der Waals surface area contributed by atoms with Crippen molar-refractivity contribution in [2.75, 3.05) is 0 Å². The number of nitrogens with zero attached hydrogens (tertiary/aromatic N) is 2. The van der Waals surface area contributed by atoms with Crippen LogP contribution < -0.4 is 16.9 Å². The summed E-state index contributed by atoms with van der Waals surface area (Å²) in [5.41, 5.74) is -1.98. The molecule has 0 unspecified atom stereocenters. The number of fused-ring (bicyclic) bond motifs is 1. The number of H-pyrrole nitrogens is 3. The average Bonchev–Trinajstić information content (AvgIpc) is 2.86. The van der Waals surface area contributed by atoms with Crippen LogP contribution in [0.1, 0.15) is 5.56 Å². The van der Waals surface area contributed by atoms with Gasteiger partial charge in [0.1, 0.15) is 0 Å². The summed E-state index contributed by atoms with van der Waals surface area (Å²) in [6, 6.07) is 1.11. The van der Waals surface area contributed by atoms with Gasteiger partial charge in [0.2, 0.25) is 0 Å². The van der Waals surface area contributed by atoms with Gasteiger partial charge in [-0.05, 0) is 6.92 Å². The Morgan fingerprint density at radius 2 is 1.91 bits per heavy atom. The van der Waals surface area contributed by atoms with Gasteiger partial charge < -0.3 is 14.4 Å². The van der Waals surface area contributed by atoms with Crippen LogP contribution in [0.4, 0.5) is 5.69 Å². The number of nitro benzene ring substituents is 1. The predicted molar refractivity (Wildman–Crippen MR) is 72.7 cm³/mol. The van der Waals surface area contributed by atoms with Gasteiger partial charge in [-0.3, -0.25) is 19.7 Å². The first-order chi connectivity index (χ1) is 10.4.